The molecule has 0 saturated carbocycles. The number of hydroxylamine groups is 2. The highest BCUT2D eigenvalue weighted by Gasteiger charge is 2.35. The molecule has 0 unspecified atom stereocenters. The van der Waals surface area contributed by atoms with Crippen molar-refractivity contribution in [3.8, 4) is 0 Å². The Morgan fingerprint density at radius 1 is 1.50 bits per heavy atom. The zero-order valence-electron chi connectivity index (χ0n) is 16.6. The molecule has 168 valence electrons. The van der Waals surface area contributed by atoms with E-state index in [0.717, 1.165) is 13.1 Å². The molecule has 1 aromatic heterocycles. The highest BCUT2D eigenvalue weighted by atomic mass is 32.3. The molecule has 0 atom stereocenters. The Labute approximate surface area is 172 Å². The first-order chi connectivity index (χ1) is 14.2. The molecule has 3 heterocycles. The fraction of sp³-hybridized carbons (Fsp3) is 0.571. The summed E-state index contributed by atoms with van der Waals surface area (Å²) in [7, 11) is -1.55. The van der Waals surface area contributed by atoms with E-state index in [0.29, 0.717) is 23.8 Å². The summed E-state index contributed by atoms with van der Waals surface area (Å²) in [5.41, 5.74) is 3.07. The zero-order chi connectivity index (χ0) is 22.3. The third-order valence-corrected chi connectivity index (χ3v) is 4.37. The van der Waals surface area contributed by atoms with E-state index in [1.165, 1.54) is 22.1 Å². The van der Waals surface area contributed by atoms with Crippen molar-refractivity contribution in [3.05, 3.63) is 11.9 Å². The first kappa shape index (κ1) is 23.3. The molecule has 0 aliphatic carbocycles. The molecule has 0 spiro atoms. The van der Waals surface area contributed by atoms with Crippen LogP contribution in [0.15, 0.2) is 11.2 Å². The van der Waals surface area contributed by atoms with Gasteiger partial charge in [-0.05, 0) is 6.92 Å². The average Bonchev–Trinajstić information content (AvgIpc) is 3.01. The van der Waals surface area contributed by atoms with Crippen LogP contribution in [0.2, 0.25) is 0 Å². The summed E-state index contributed by atoms with van der Waals surface area (Å²) in [6, 6.07) is -0.478. The second-order valence-electron chi connectivity index (χ2n) is 6.09. The number of nitrogens with one attached hydrogen (secondary N) is 3. The smallest absolute Gasteiger partial charge is 0.323 e. The summed E-state index contributed by atoms with van der Waals surface area (Å²) in [5.74, 6) is 0. The van der Waals surface area contributed by atoms with Crippen LogP contribution in [-0.4, -0.2) is 78.8 Å². The molecule has 1 saturated heterocycles. The number of rotatable bonds is 6. The lowest BCUT2D eigenvalue weighted by Gasteiger charge is -2.32. The Bertz CT molecular complexity index is 883. The number of nitrogens with zero attached hydrogens (tertiary/aromatic N) is 5. The summed E-state index contributed by atoms with van der Waals surface area (Å²) < 4.78 is 36.0. The van der Waals surface area contributed by atoms with Gasteiger partial charge < -0.3 is 20.4 Å². The summed E-state index contributed by atoms with van der Waals surface area (Å²) in [6.07, 6.45) is 2.10. The second-order valence-corrected chi connectivity index (χ2v) is 7.09. The molecule has 0 radical (unpaired) electrons. The van der Waals surface area contributed by atoms with Gasteiger partial charge in [-0.15, -0.1) is 9.35 Å². The van der Waals surface area contributed by atoms with Crippen LogP contribution in [-0.2, 0) is 33.1 Å². The van der Waals surface area contributed by atoms with Crippen LogP contribution in [0.25, 0.3) is 0 Å². The van der Waals surface area contributed by atoms with Gasteiger partial charge in [-0.3, -0.25) is 14.2 Å². The first-order valence-electron chi connectivity index (χ1n) is 8.77. The standard InChI is InChI=1S/C8H12N4O5S.C6H12N4O2/c1-3-11-5-7-6(4-9-10(7)2)12(8(11)13)17-18(14,15)16;1-7-4-9-12-6(11)10-5-2-8-3-5/h4H,3,5H2,1-2H3,(H,14,15,16);4-5,8H,2-3H2,1H3,(H,7,9)(H,10,11). The molecule has 0 bridgehead atoms. The van der Waals surface area contributed by atoms with Crippen molar-refractivity contribution in [2.24, 2.45) is 12.0 Å². The molecule has 15 nitrogen and oxygen atoms in total. The van der Waals surface area contributed by atoms with Crippen molar-refractivity contribution < 1.29 is 31.7 Å². The molecule has 0 aromatic carbocycles. The number of anilines is 1. The molecule has 2 aliphatic rings. The van der Waals surface area contributed by atoms with Gasteiger partial charge in [0.25, 0.3) is 0 Å². The minimum absolute atomic E-state index is 0.192. The van der Waals surface area contributed by atoms with Gasteiger partial charge in [0.2, 0.25) is 0 Å². The molecule has 4 N–H and O–H groups in total. The average molecular weight is 448 g/mol. The lowest BCUT2D eigenvalue weighted by atomic mass is 10.2. The molecular weight excluding hydrogens is 424 g/mol. The zero-order valence-corrected chi connectivity index (χ0v) is 17.4. The number of carbonyl (C=O) groups is 2. The number of urea groups is 1. The first-order valence-corrected chi connectivity index (χ1v) is 10.1. The van der Waals surface area contributed by atoms with Crippen molar-refractivity contribution in [1.29, 1.82) is 0 Å². The Balaban J connectivity index is 0.000000232. The minimum Gasteiger partial charge on any atom is -0.323 e. The molecule has 1 aromatic rings. The predicted molar refractivity (Wildman–Crippen MR) is 104 cm³/mol. The fourth-order valence-corrected chi connectivity index (χ4v) is 2.75. The lowest BCUT2D eigenvalue weighted by Crippen LogP contribution is -2.57. The van der Waals surface area contributed by atoms with Crippen molar-refractivity contribution >= 4 is 34.5 Å². The Kier molecular flexibility index (Phi) is 7.93. The van der Waals surface area contributed by atoms with Crippen molar-refractivity contribution in [3.63, 3.8) is 0 Å². The van der Waals surface area contributed by atoms with Crippen molar-refractivity contribution in [2.45, 2.75) is 19.5 Å². The van der Waals surface area contributed by atoms with E-state index in [-0.39, 0.29) is 11.7 Å². The van der Waals surface area contributed by atoms with Gasteiger partial charge in [-0.25, -0.2) is 15.1 Å². The van der Waals surface area contributed by atoms with Gasteiger partial charge in [-0.2, -0.15) is 13.5 Å². The number of hydrogen-bond acceptors (Lipinski definition) is 9. The Hall–Kier alpha value is -2.95. The quantitative estimate of drug-likeness (QED) is 0.178. The summed E-state index contributed by atoms with van der Waals surface area (Å²) >= 11 is 0. The van der Waals surface area contributed by atoms with Gasteiger partial charge in [0.1, 0.15) is 12.0 Å². The number of amides is 3. The Morgan fingerprint density at radius 2 is 2.20 bits per heavy atom. The lowest BCUT2D eigenvalue weighted by molar-refractivity contribution is 0.115. The van der Waals surface area contributed by atoms with E-state index in [1.807, 2.05) is 0 Å². The number of carbonyl (C=O) groups excluding carboxylic acids is 2. The third kappa shape index (κ3) is 6.28. The number of aryl methyl sites for hydroxylation is 1. The molecule has 16 heteroatoms. The van der Waals surface area contributed by atoms with Crippen LogP contribution >= 0.6 is 0 Å². The van der Waals surface area contributed by atoms with E-state index in [4.69, 9.17) is 4.55 Å². The number of fused-ring (bicyclic) bond motifs is 1. The molecule has 30 heavy (non-hydrogen) atoms. The van der Waals surface area contributed by atoms with E-state index in [2.05, 4.69) is 35.3 Å². The van der Waals surface area contributed by atoms with Gasteiger partial charge >= 0.3 is 22.5 Å². The summed E-state index contributed by atoms with van der Waals surface area (Å²) in [5, 5.41) is 10.1. The van der Waals surface area contributed by atoms with Gasteiger partial charge in [-0.1, -0.05) is 0 Å². The SMILES string of the molecule is CCN1Cc2c(cnn2C)N(OS(=O)(=O)O)C1=O.CN=CNOC(=O)NC1CNC1. The summed E-state index contributed by atoms with van der Waals surface area (Å²) in [4.78, 5) is 32.2. The van der Waals surface area contributed by atoms with E-state index >= 15 is 0 Å². The fourth-order valence-electron chi connectivity index (χ4n) is 2.42. The van der Waals surface area contributed by atoms with Crippen LogP contribution in [0.1, 0.15) is 12.6 Å². The molecular formula is C14H24N8O7S. The minimum atomic E-state index is -4.78. The molecule has 3 amide bonds. The maximum atomic E-state index is 11.9. The van der Waals surface area contributed by atoms with E-state index < -0.39 is 22.5 Å². The molecule has 3 rings (SSSR count). The number of aliphatic imine (C=N–C) groups is 1. The summed E-state index contributed by atoms with van der Waals surface area (Å²) in [6.45, 7) is 4.01. The van der Waals surface area contributed by atoms with Crippen molar-refractivity contribution in [1.82, 2.24) is 30.8 Å². The Morgan fingerprint density at radius 3 is 2.73 bits per heavy atom. The van der Waals surface area contributed by atoms with Crippen LogP contribution in [0, 0.1) is 0 Å². The van der Waals surface area contributed by atoms with Gasteiger partial charge in [0.15, 0.2) is 0 Å². The van der Waals surface area contributed by atoms with Crippen LogP contribution in [0.4, 0.5) is 15.3 Å². The topological polar surface area (TPSA) is 180 Å². The molecule has 2 aliphatic heterocycles. The highest BCUT2D eigenvalue weighted by Crippen LogP contribution is 2.28. The number of aromatic nitrogens is 2. The van der Waals surface area contributed by atoms with Crippen molar-refractivity contribution in [2.75, 3.05) is 31.7 Å². The highest BCUT2D eigenvalue weighted by molar-refractivity contribution is 7.81. The normalized spacial score (nSPS) is 16.5. The predicted octanol–water partition coefficient (Wildman–Crippen LogP) is -1.24. The van der Waals surface area contributed by atoms with Crippen LogP contribution in [0.5, 0.6) is 0 Å². The number of hydrogen-bond donors (Lipinski definition) is 4. The van der Waals surface area contributed by atoms with Gasteiger partial charge in [0, 0.05) is 33.7 Å². The largest absolute Gasteiger partial charge is 0.431 e. The van der Waals surface area contributed by atoms with E-state index in [1.54, 1.807) is 21.0 Å². The maximum absolute atomic E-state index is 11.9. The molecule has 1 fully saturated rings. The van der Waals surface area contributed by atoms with Crippen LogP contribution < -0.4 is 21.2 Å². The van der Waals surface area contributed by atoms with Crippen LogP contribution in [0.3, 0.4) is 0 Å². The maximum Gasteiger partial charge on any atom is 0.431 e. The monoisotopic (exact) mass is 448 g/mol. The van der Waals surface area contributed by atoms with Gasteiger partial charge in [0.05, 0.1) is 24.5 Å². The second kappa shape index (κ2) is 10.2. The van der Waals surface area contributed by atoms with E-state index in [9.17, 15) is 18.0 Å². The third-order valence-electron chi connectivity index (χ3n) is 4.03.